The molecule has 0 fully saturated rings. The van der Waals surface area contributed by atoms with Gasteiger partial charge in [-0.05, 0) is 13.8 Å². The van der Waals surface area contributed by atoms with Crippen molar-refractivity contribution in [2.75, 3.05) is 5.01 Å². The summed E-state index contributed by atoms with van der Waals surface area (Å²) in [6.07, 6.45) is 0. The monoisotopic (exact) mass is 174 g/mol. The van der Waals surface area contributed by atoms with Crippen molar-refractivity contribution in [3.8, 4) is 0 Å². The maximum atomic E-state index is 10.9. The van der Waals surface area contributed by atoms with Gasteiger partial charge in [0.25, 0.3) is 0 Å². The number of nitrogens with one attached hydrogen (secondary N) is 1. The van der Waals surface area contributed by atoms with Gasteiger partial charge in [0.2, 0.25) is 5.82 Å². The Morgan fingerprint density at radius 3 is 2.73 bits per heavy atom. The van der Waals surface area contributed by atoms with Crippen LogP contribution in [0.15, 0.2) is 4.79 Å². The highest BCUT2D eigenvalue weighted by atomic mass is 32.1. The van der Waals surface area contributed by atoms with Gasteiger partial charge in [0.05, 0.1) is 0 Å². The minimum atomic E-state index is -0.230. The minimum Gasteiger partial charge on any atom is -0.287 e. The fraction of sp³-hybridized carbons (Fsp3) is 0.600. The topological polar surface area (TPSA) is 75.0 Å². The van der Waals surface area contributed by atoms with Gasteiger partial charge in [-0.3, -0.25) is 14.2 Å². The molecule has 1 heterocycles. The summed E-state index contributed by atoms with van der Waals surface area (Å²) in [5, 5.41) is 1.34. The van der Waals surface area contributed by atoms with Crippen molar-refractivity contribution in [2.24, 2.45) is 5.84 Å². The molecule has 0 saturated heterocycles. The Bertz CT molecular complexity index is 278. The molecule has 0 aliphatic heterocycles. The van der Waals surface area contributed by atoms with Crippen molar-refractivity contribution in [3.63, 3.8) is 0 Å². The van der Waals surface area contributed by atoms with Gasteiger partial charge in [0.1, 0.15) is 0 Å². The Morgan fingerprint density at radius 1 is 1.73 bits per heavy atom. The molecular weight excluding hydrogens is 164 g/mol. The van der Waals surface area contributed by atoms with E-state index in [0.29, 0.717) is 0 Å². The molecule has 62 valence electrons. The molecule has 0 aliphatic rings. The van der Waals surface area contributed by atoms with Gasteiger partial charge < -0.3 is 0 Å². The summed E-state index contributed by atoms with van der Waals surface area (Å²) in [6, 6.07) is 0.0817. The number of anilines is 1. The number of hydrazine groups is 1. The molecule has 0 unspecified atom stereocenters. The lowest BCUT2D eigenvalue weighted by Crippen LogP contribution is -2.40. The first-order chi connectivity index (χ1) is 5.13. The lowest BCUT2D eigenvalue weighted by molar-refractivity contribution is 0.701. The van der Waals surface area contributed by atoms with Gasteiger partial charge in [0.15, 0.2) is 0 Å². The van der Waals surface area contributed by atoms with Crippen LogP contribution in [0.2, 0.25) is 0 Å². The van der Waals surface area contributed by atoms with Crippen molar-refractivity contribution in [1.29, 1.82) is 0 Å². The van der Waals surface area contributed by atoms with Crippen LogP contribution in [-0.2, 0) is 0 Å². The van der Waals surface area contributed by atoms with Crippen molar-refractivity contribution >= 4 is 17.5 Å². The molecule has 0 radical (unpaired) electrons. The number of H-pyrrole nitrogens is 1. The average molecular weight is 174 g/mol. The van der Waals surface area contributed by atoms with Gasteiger partial charge in [-0.25, -0.2) is 5.84 Å². The molecule has 0 amide bonds. The first kappa shape index (κ1) is 8.22. The highest BCUT2D eigenvalue weighted by molar-refractivity contribution is 6.99. The van der Waals surface area contributed by atoms with Crippen molar-refractivity contribution in [2.45, 2.75) is 19.9 Å². The Labute approximate surface area is 68.1 Å². The van der Waals surface area contributed by atoms with E-state index in [2.05, 4.69) is 8.75 Å². The maximum Gasteiger partial charge on any atom is 0.303 e. The maximum absolute atomic E-state index is 10.9. The first-order valence-electron chi connectivity index (χ1n) is 3.21. The highest BCUT2D eigenvalue weighted by Crippen LogP contribution is 2.02. The van der Waals surface area contributed by atoms with E-state index in [4.69, 9.17) is 5.84 Å². The molecule has 0 atom stereocenters. The molecule has 3 N–H and O–H groups in total. The highest BCUT2D eigenvalue weighted by Gasteiger charge is 2.11. The van der Waals surface area contributed by atoms with E-state index in [9.17, 15) is 4.79 Å². The molecule has 0 spiro atoms. The summed E-state index contributed by atoms with van der Waals surface area (Å²) >= 11 is 1.00. The summed E-state index contributed by atoms with van der Waals surface area (Å²) in [5.41, 5.74) is -0.230. The van der Waals surface area contributed by atoms with Gasteiger partial charge >= 0.3 is 5.56 Å². The fourth-order valence-electron chi connectivity index (χ4n) is 0.604. The number of nitrogens with zero attached hydrogens (tertiary/aromatic N) is 2. The van der Waals surface area contributed by atoms with E-state index in [-0.39, 0.29) is 17.4 Å². The van der Waals surface area contributed by atoms with Crippen LogP contribution in [0.1, 0.15) is 13.8 Å². The van der Waals surface area contributed by atoms with E-state index >= 15 is 0 Å². The second-order valence-corrected chi connectivity index (χ2v) is 3.01. The minimum absolute atomic E-state index is 0.0817. The molecular formula is C5H10N4OS. The second-order valence-electron chi connectivity index (χ2n) is 2.44. The third-order valence-electron chi connectivity index (χ3n) is 1.27. The van der Waals surface area contributed by atoms with Crippen LogP contribution < -0.4 is 16.4 Å². The predicted molar refractivity (Wildman–Crippen MR) is 44.5 cm³/mol. The van der Waals surface area contributed by atoms with Crippen LogP contribution in [0.4, 0.5) is 5.82 Å². The molecule has 0 saturated carbocycles. The smallest absolute Gasteiger partial charge is 0.287 e. The second kappa shape index (κ2) is 3.02. The number of rotatable bonds is 2. The average Bonchev–Trinajstić information content (AvgIpc) is 2.33. The molecule has 1 aromatic rings. The zero-order valence-electron chi connectivity index (χ0n) is 6.37. The lowest BCUT2D eigenvalue weighted by Gasteiger charge is -2.18. The third-order valence-corrected chi connectivity index (χ3v) is 1.82. The zero-order valence-corrected chi connectivity index (χ0v) is 7.18. The van der Waals surface area contributed by atoms with E-state index in [0.717, 1.165) is 11.7 Å². The third kappa shape index (κ3) is 1.58. The van der Waals surface area contributed by atoms with Gasteiger partial charge in [-0.2, -0.15) is 4.37 Å². The van der Waals surface area contributed by atoms with Crippen LogP contribution in [-0.4, -0.2) is 14.8 Å². The fourth-order valence-corrected chi connectivity index (χ4v) is 1.09. The summed E-state index contributed by atoms with van der Waals surface area (Å²) in [7, 11) is 0. The van der Waals surface area contributed by atoms with Crippen molar-refractivity contribution < 1.29 is 0 Å². The number of aromatic amines is 1. The van der Waals surface area contributed by atoms with Gasteiger partial charge in [0, 0.05) is 17.8 Å². The Hall–Kier alpha value is -0.880. The zero-order chi connectivity index (χ0) is 8.43. The molecule has 6 heteroatoms. The SMILES string of the molecule is CC(C)N(N)c1ns[nH]c1=O. The quantitative estimate of drug-likeness (QED) is 0.485. The van der Waals surface area contributed by atoms with Gasteiger partial charge in [-0.1, -0.05) is 0 Å². The molecule has 5 nitrogen and oxygen atoms in total. The largest absolute Gasteiger partial charge is 0.303 e. The summed E-state index contributed by atoms with van der Waals surface area (Å²) in [5.74, 6) is 5.82. The van der Waals surface area contributed by atoms with Crippen molar-refractivity contribution in [3.05, 3.63) is 10.4 Å². The number of hydrogen-bond donors (Lipinski definition) is 2. The number of aromatic nitrogens is 2. The molecule has 11 heavy (non-hydrogen) atoms. The Balaban J connectivity index is 2.93. The van der Waals surface area contributed by atoms with Crippen LogP contribution in [0, 0.1) is 0 Å². The van der Waals surface area contributed by atoms with Crippen LogP contribution in [0.25, 0.3) is 0 Å². The standard InChI is InChI=1S/C5H10N4OS/c1-3(2)9(6)4-5(10)8-11-7-4/h3H,6H2,1-2H3,(H,8,10). The van der Waals surface area contributed by atoms with E-state index in [1.807, 2.05) is 13.8 Å². The summed E-state index contributed by atoms with van der Waals surface area (Å²) < 4.78 is 6.27. The Morgan fingerprint density at radius 2 is 2.36 bits per heavy atom. The first-order valence-corrected chi connectivity index (χ1v) is 3.98. The van der Waals surface area contributed by atoms with Crippen LogP contribution in [0.5, 0.6) is 0 Å². The number of hydrogen-bond acceptors (Lipinski definition) is 5. The molecule has 0 aromatic carbocycles. The Kier molecular flexibility index (Phi) is 2.25. The van der Waals surface area contributed by atoms with E-state index in [1.54, 1.807) is 0 Å². The summed E-state index contributed by atoms with van der Waals surface area (Å²) in [4.78, 5) is 10.9. The predicted octanol–water partition coefficient (Wildman–Crippen LogP) is -0.0801. The molecule has 0 aliphatic carbocycles. The number of nitrogens with two attached hydrogens (primary N) is 1. The molecule has 1 aromatic heterocycles. The van der Waals surface area contributed by atoms with Gasteiger partial charge in [-0.15, -0.1) is 0 Å². The van der Waals surface area contributed by atoms with Crippen LogP contribution in [0.3, 0.4) is 0 Å². The van der Waals surface area contributed by atoms with Crippen LogP contribution >= 0.6 is 11.7 Å². The summed E-state index contributed by atoms with van der Waals surface area (Å²) in [6.45, 7) is 3.78. The normalized spacial score (nSPS) is 10.5. The van der Waals surface area contributed by atoms with Crippen molar-refractivity contribution in [1.82, 2.24) is 8.75 Å². The van der Waals surface area contributed by atoms with E-state index < -0.39 is 0 Å². The van der Waals surface area contributed by atoms with E-state index in [1.165, 1.54) is 5.01 Å². The lowest BCUT2D eigenvalue weighted by atomic mass is 10.4. The molecule has 0 bridgehead atoms. The molecule has 1 rings (SSSR count).